The van der Waals surface area contributed by atoms with Crippen molar-refractivity contribution in [2.75, 3.05) is 5.73 Å². The summed E-state index contributed by atoms with van der Waals surface area (Å²) < 4.78 is 1.57. The second-order valence-corrected chi connectivity index (χ2v) is 4.74. The minimum atomic E-state index is -0.178. The lowest BCUT2D eigenvalue weighted by Crippen LogP contribution is -2.23. The van der Waals surface area contributed by atoms with Crippen LogP contribution < -0.4 is 11.1 Å². The molecule has 3 rings (SSSR count). The maximum atomic E-state index is 12.3. The summed E-state index contributed by atoms with van der Waals surface area (Å²) in [6.07, 6.45) is 3.33. The minimum Gasteiger partial charge on any atom is -0.384 e. The summed E-state index contributed by atoms with van der Waals surface area (Å²) in [5, 5.41) is 7.83. The molecule has 0 aliphatic heterocycles. The van der Waals surface area contributed by atoms with Crippen molar-refractivity contribution in [1.82, 2.24) is 20.1 Å². The summed E-state index contributed by atoms with van der Waals surface area (Å²) >= 11 is 0. The molecule has 0 aliphatic rings. The quantitative estimate of drug-likeness (QED) is 0.761. The molecule has 6 nitrogen and oxygen atoms in total. The highest BCUT2D eigenvalue weighted by Gasteiger charge is 2.12. The predicted molar refractivity (Wildman–Crippen MR) is 80.5 cm³/mol. The standard InChI is InChI=1S/C15H15N5O/c1-20-14(16)11(9-19-20)8-18-15(21)12-6-2-4-10-5-3-7-17-13(10)12/h2-7,9H,8,16H2,1H3,(H,18,21). The number of aryl methyl sites for hydroxylation is 1. The van der Waals surface area contributed by atoms with Gasteiger partial charge in [-0.1, -0.05) is 18.2 Å². The first-order chi connectivity index (χ1) is 10.2. The lowest BCUT2D eigenvalue weighted by Gasteiger charge is -2.07. The van der Waals surface area contributed by atoms with Gasteiger partial charge in [0, 0.05) is 30.7 Å². The van der Waals surface area contributed by atoms with Crippen LogP contribution in [0.1, 0.15) is 15.9 Å². The van der Waals surface area contributed by atoms with Crippen molar-refractivity contribution >= 4 is 22.6 Å². The number of hydrogen-bond acceptors (Lipinski definition) is 4. The SMILES string of the molecule is Cn1ncc(CNC(=O)c2cccc3cccnc23)c1N. The van der Waals surface area contributed by atoms with Crippen LogP contribution in [-0.2, 0) is 13.6 Å². The number of nitrogens with zero attached hydrogens (tertiary/aromatic N) is 3. The number of hydrogen-bond donors (Lipinski definition) is 2. The van der Waals surface area contributed by atoms with E-state index < -0.39 is 0 Å². The van der Waals surface area contributed by atoms with Crippen molar-refractivity contribution in [3.63, 3.8) is 0 Å². The van der Waals surface area contributed by atoms with Crippen molar-refractivity contribution in [2.24, 2.45) is 7.05 Å². The molecule has 3 N–H and O–H groups in total. The number of carbonyl (C=O) groups excluding carboxylic acids is 1. The summed E-state index contributed by atoms with van der Waals surface area (Å²) in [4.78, 5) is 16.6. The van der Waals surface area contributed by atoms with Crippen molar-refractivity contribution in [3.8, 4) is 0 Å². The Kier molecular flexibility index (Phi) is 3.27. The highest BCUT2D eigenvalue weighted by Crippen LogP contribution is 2.16. The Labute approximate surface area is 121 Å². The maximum Gasteiger partial charge on any atom is 0.253 e. The number of aromatic nitrogens is 3. The van der Waals surface area contributed by atoms with Crippen LogP contribution in [0.2, 0.25) is 0 Å². The second kappa shape index (κ2) is 5.24. The second-order valence-electron chi connectivity index (χ2n) is 4.74. The number of carbonyl (C=O) groups is 1. The van der Waals surface area contributed by atoms with Gasteiger partial charge in [-0.05, 0) is 12.1 Å². The average Bonchev–Trinajstić information content (AvgIpc) is 2.84. The zero-order valence-electron chi connectivity index (χ0n) is 11.6. The Morgan fingerprint density at radius 1 is 1.33 bits per heavy atom. The van der Waals surface area contributed by atoms with Crippen LogP contribution in [0.25, 0.3) is 10.9 Å². The molecule has 6 heteroatoms. The smallest absolute Gasteiger partial charge is 0.253 e. The van der Waals surface area contributed by atoms with E-state index in [1.807, 2.05) is 24.3 Å². The molecular formula is C15H15N5O. The molecule has 106 valence electrons. The summed E-state index contributed by atoms with van der Waals surface area (Å²) in [6.45, 7) is 0.335. The van der Waals surface area contributed by atoms with Crippen LogP contribution in [0, 0.1) is 0 Å². The van der Waals surface area contributed by atoms with E-state index in [-0.39, 0.29) is 5.91 Å². The van der Waals surface area contributed by atoms with Crippen molar-refractivity contribution in [1.29, 1.82) is 0 Å². The number of para-hydroxylation sites is 1. The van der Waals surface area contributed by atoms with E-state index in [0.717, 1.165) is 10.9 Å². The predicted octanol–water partition coefficient (Wildman–Crippen LogP) is 1.48. The Balaban J connectivity index is 1.83. The van der Waals surface area contributed by atoms with Crippen LogP contribution in [-0.4, -0.2) is 20.7 Å². The van der Waals surface area contributed by atoms with E-state index in [2.05, 4.69) is 15.4 Å². The summed E-state index contributed by atoms with van der Waals surface area (Å²) in [5.41, 5.74) is 7.89. The first-order valence-corrected chi connectivity index (χ1v) is 6.55. The lowest BCUT2D eigenvalue weighted by molar-refractivity contribution is 0.0952. The van der Waals surface area contributed by atoms with E-state index >= 15 is 0 Å². The van der Waals surface area contributed by atoms with Gasteiger partial charge in [0.2, 0.25) is 0 Å². The number of rotatable bonds is 3. The topological polar surface area (TPSA) is 85.8 Å². The van der Waals surface area contributed by atoms with Crippen molar-refractivity contribution in [3.05, 3.63) is 53.9 Å². The van der Waals surface area contributed by atoms with E-state index in [9.17, 15) is 4.79 Å². The van der Waals surface area contributed by atoms with E-state index in [1.165, 1.54) is 0 Å². The van der Waals surface area contributed by atoms with Crippen molar-refractivity contribution < 1.29 is 4.79 Å². The highest BCUT2D eigenvalue weighted by molar-refractivity contribution is 6.05. The Morgan fingerprint density at radius 3 is 2.90 bits per heavy atom. The molecule has 1 amide bonds. The maximum absolute atomic E-state index is 12.3. The third-order valence-corrected chi connectivity index (χ3v) is 3.38. The van der Waals surface area contributed by atoms with Gasteiger partial charge in [0.1, 0.15) is 5.82 Å². The van der Waals surface area contributed by atoms with Crippen molar-refractivity contribution in [2.45, 2.75) is 6.54 Å². The molecule has 0 saturated heterocycles. The molecule has 2 aromatic heterocycles. The van der Waals surface area contributed by atoms with Crippen LogP contribution >= 0.6 is 0 Å². The van der Waals surface area contributed by atoms with Gasteiger partial charge in [0.25, 0.3) is 5.91 Å². The molecule has 0 bridgehead atoms. The molecule has 0 fully saturated rings. The highest BCUT2D eigenvalue weighted by atomic mass is 16.1. The van der Waals surface area contributed by atoms with Gasteiger partial charge in [-0.25, -0.2) is 0 Å². The molecule has 0 atom stereocenters. The molecule has 0 aliphatic carbocycles. The number of nitrogens with one attached hydrogen (secondary N) is 1. The van der Waals surface area contributed by atoms with Gasteiger partial charge >= 0.3 is 0 Å². The largest absolute Gasteiger partial charge is 0.384 e. The molecule has 21 heavy (non-hydrogen) atoms. The van der Waals surface area contributed by atoms with Gasteiger partial charge in [-0.2, -0.15) is 5.10 Å². The molecule has 3 aromatic rings. The lowest BCUT2D eigenvalue weighted by atomic mass is 10.1. The number of pyridine rings is 1. The molecule has 0 radical (unpaired) electrons. The fourth-order valence-electron chi connectivity index (χ4n) is 2.19. The normalized spacial score (nSPS) is 10.7. The van der Waals surface area contributed by atoms with Gasteiger partial charge < -0.3 is 11.1 Å². The Hall–Kier alpha value is -2.89. The molecule has 0 saturated carbocycles. The van der Waals surface area contributed by atoms with Crippen LogP contribution in [0.4, 0.5) is 5.82 Å². The fraction of sp³-hybridized carbons (Fsp3) is 0.133. The third kappa shape index (κ3) is 2.43. The monoisotopic (exact) mass is 281 g/mol. The number of anilines is 1. The van der Waals surface area contributed by atoms with Crippen LogP contribution in [0.15, 0.2) is 42.7 Å². The number of nitrogen functional groups attached to an aromatic ring is 1. The number of fused-ring (bicyclic) bond motifs is 1. The first kappa shape index (κ1) is 13.1. The molecule has 0 unspecified atom stereocenters. The zero-order chi connectivity index (χ0) is 14.8. The zero-order valence-corrected chi connectivity index (χ0v) is 11.6. The average molecular weight is 281 g/mol. The third-order valence-electron chi connectivity index (χ3n) is 3.38. The Bertz CT molecular complexity index is 803. The summed E-state index contributed by atoms with van der Waals surface area (Å²) in [6, 6.07) is 9.31. The minimum absolute atomic E-state index is 0.178. The first-order valence-electron chi connectivity index (χ1n) is 6.55. The van der Waals surface area contributed by atoms with Crippen LogP contribution in [0.3, 0.4) is 0 Å². The molecule has 1 aromatic carbocycles. The van der Waals surface area contributed by atoms with E-state index in [4.69, 9.17) is 5.73 Å². The summed E-state index contributed by atoms with van der Waals surface area (Å²) in [7, 11) is 1.76. The van der Waals surface area contributed by atoms with Gasteiger partial charge in [-0.15, -0.1) is 0 Å². The van der Waals surface area contributed by atoms with E-state index in [0.29, 0.717) is 23.4 Å². The van der Waals surface area contributed by atoms with E-state index in [1.54, 1.807) is 30.2 Å². The summed E-state index contributed by atoms with van der Waals surface area (Å²) in [5.74, 6) is 0.369. The van der Waals surface area contributed by atoms with Gasteiger partial charge in [0.15, 0.2) is 0 Å². The van der Waals surface area contributed by atoms with Crippen LogP contribution in [0.5, 0.6) is 0 Å². The fourth-order valence-corrected chi connectivity index (χ4v) is 2.19. The molecule has 2 heterocycles. The Morgan fingerprint density at radius 2 is 2.14 bits per heavy atom. The number of nitrogens with two attached hydrogens (primary N) is 1. The van der Waals surface area contributed by atoms with Gasteiger partial charge in [-0.3, -0.25) is 14.5 Å². The number of benzene rings is 1. The molecule has 0 spiro atoms. The van der Waals surface area contributed by atoms with Gasteiger partial charge in [0.05, 0.1) is 17.3 Å². The number of amides is 1. The molecular weight excluding hydrogens is 266 g/mol.